The van der Waals surface area contributed by atoms with Crippen molar-refractivity contribution in [1.29, 1.82) is 0 Å². The highest BCUT2D eigenvalue weighted by Gasteiger charge is 2.21. The Hall–Kier alpha value is -3.41. The summed E-state index contributed by atoms with van der Waals surface area (Å²) in [6.45, 7) is 4.53. The number of anilines is 1. The third-order valence-electron chi connectivity index (χ3n) is 5.14. The quantitative estimate of drug-likeness (QED) is 0.550. The van der Waals surface area contributed by atoms with Crippen LogP contribution in [0.4, 0.5) is 5.69 Å². The molecule has 0 bridgehead atoms. The number of aryl methyl sites for hydroxylation is 2. The van der Waals surface area contributed by atoms with Crippen LogP contribution in [0.25, 0.3) is 16.6 Å². The van der Waals surface area contributed by atoms with Crippen LogP contribution in [0.5, 0.6) is 0 Å². The molecule has 142 valence electrons. The Kier molecular flexibility index (Phi) is 4.47. The first-order valence-corrected chi connectivity index (χ1v) is 9.43. The average Bonchev–Trinajstić information content (AvgIpc) is 3.19. The van der Waals surface area contributed by atoms with Crippen LogP contribution in [-0.4, -0.2) is 26.6 Å². The maximum atomic E-state index is 13.2. The van der Waals surface area contributed by atoms with Crippen molar-refractivity contribution in [3.8, 4) is 0 Å². The Morgan fingerprint density at radius 1 is 1.00 bits per heavy atom. The lowest BCUT2D eigenvalue weighted by molar-refractivity contribution is 0.0983. The molecule has 0 aliphatic heterocycles. The van der Waals surface area contributed by atoms with E-state index in [0.29, 0.717) is 12.1 Å². The van der Waals surface area contributed by atoms with Crippen molar-refractivity contribution >= 4 is 28.1 Å². The molecule has 0 saturated heterocycles. The van der Waals surface area contributed by atoms with Crippen molar-refractivity contribution in [2.75, 3.05) is 11.4 Å². The normalized spacial score (nSPS) is 11.2. The molecule has 2 aromatic carbocycles. The summed E-state index contributed by atoms with van der Waals surface area (Å²) < 4.78 is 3.15. The molecule has 1 amide bonds. The molecule has 0 fully saturated rings. The van der Waals surface area contributed by atoms with Crippen LogP contribution in [0.2, 0.25) is 0 Å². The second kappa shape index (κ2) is 6.96. The number of para-hydroxylation sites is 2. The molecular formula is C22H22N4O2. The van der Waals surface area contributed by atoms with Gasteiger partial charge in [-0.15, -0.1) is 0 Å². The van der Waals surface area contributed by atoms with Gasteiger partial charge in [0.1, 0.15) is 5.52 Å². The zero-order valence-electron chi connectivity index (χ0n) is 16.2. The third-order valence-corrected chi connectivity index (χ3v) is 5.14. The summed E-state index contributed by atoms with van der Waals surface area (Å²) in [4.78, 5) is 27.6. The highest BCUT2D eigenvalue weighted by molar-refractivity contribution is 6.05. The molecule has 0 unspecified atom stereocenters. The van der Waals surface area contributed by atoms with E-state index in [1.165, 1.54) is 5.56 Å². The van der Waals surface area contributed by atoms with E-state index in [1.54, 1.807) is 27.1 Å². The fourth-order valence-corrected chi connectivity index (χ4v) is 3.52. The summed E-state index contributed by atoms with van der Waals surface area (Å²) in [6.07, 6.45) is 0.948. The molecule has 0 N–H and O–H groups in total. The van der Waals surface area contributed by atoms with Gasteiger partial charge in [-0.1, -0.05) is 31.2 Å². The Morgan fingerprint density at radius 2 is 1.68 bits per heavy atom. The topological polar surface area (TPSA) is 59.6 Å². The zero-order chi connectivity index (χ0) is 19.8. The predicted octanol–water partition coefficient (Wildman–Crippen LogP) is 3.42. The van der Waals surface area contributed by atoms with Gasteiger partial charge in [-0.3, -0.25) is 9.59 Å². The number of amides is 1. The first-order chi connectivity index (χ1) is 13.5. The van der Waals surface area contributed by atoms with Crippen molar-refractivity contribution < 1.29 is 4.79 Å². The maximum absolute atomic E-state index is 13.2. The summed E-state index contributed by atoms with van der Waals surface area (Å²) in [7, 11) is 1.73. The van der Waals surface area contributed by atoms with Crippen LogP contribution in [0.1, 0.15) is 29.9 Å². The lowest BCUT2D eigenvalue weighted by atomic mass is 10.1. The van der Waals surface area contributed by atoms with Gasteiger partial charge in [0.15, 0.2) is 5.69 Å². The number of nitrogens with zero attached hydrogens (tertiary/aromatic N) is 4. The van der Waals surface area contributed by atoms with E-state index < -0.39 is 0 Å². The minimum Gasteiger partial charge on any atom is -0.308 e. The number of benzene rings is 2. The molecule has 0 spiro atoms. The van der Waals surface area contributed by atoms with Crippen LogP contribution in [0.15, 0.2) is 59.4 Å². The molecule has 6 nitrogen and oxygen atoms in total. The van der Waals surface area contributed by atoms with Crippen LogP contribution in [0, 0.1) is 0 Å². The highest BCUT2D eigenvalue weighted by Crippen LogP contribution is 2.20. The molecule has 6 heteroatoms. The van der Waals surface area contributed by atoms with Crippen LogP contribution >= 0.6 is 0 Å². The average molecular weight is 374 g/mol. The fourth-order valence-electron chi connectivity index (χ4n) is 3.52. The van der Waals surface area contributed by atoms with E-state index in [1.807, 2.05) is 55.5 Å². The van der Waals surface area contributed by atoms with E-state index in [2.05, 4.69) is 12.0 Å². The minimum atomic E-state index is -0.221. The number of hydrogen-bond acceptors (Lipinski definition) is 3. The van der Waals surface area contributed by atoms with E-state index in [-0.39, 0.29) is 17.2 Å². The Labute approximate surface area is 162 Å². The molecule has 0 atom stereocenters. The number of aromatic nitrogens is 3. The van der Waals surface area contributed by atoms with Crippen molar-refractivity contribution in [3.05, 3.63) is 76.2 Å². The zero-order valence-corrected chi connectivity index (χ0v) is 16.2. The third kappa shape index (κ3) is 2.78. The van der Waals surface area contributed by atoms with Crippen molar-refractivity contribution in [2.45, 2.75) is 20.3 Å². The van der Waals surface area contributed by atoms with Crippen molar-refractivity contribution in [2.24, 2.45) is 7.05 Å². The van der Waals surface area contributed by atoms with Crippen molar-refractivity contribution in [3.63, 3.8) is 0 Å². The molecule has 28 heavy (non-hydrogen) atoms. The minimum absolute atomic E-state index is 0.180. The molecule has 2 aromatic heterocycles. The number of carbonyl (C=O) groups excluding carboxylic acids is 1. The molecule has 4 aromatic rings. The van der Waals surface area contributed by atoms with Gasteiger partial charge < -0.3 is 9.47 Å². The van der Waals surface area contributed by atoms with Crippen LogP contribution < -0.4 is 10.5 Å². The van der Waals surface area contributed by atoms with Gasteiger partial charge >= 0.3 is 0 Å². The largest absolute Gasteiger partial charge is 0.308 e. The summed E-state index contributed by atoms with van der Waals surface area (Å²) in [5, 5.41) is 4.48. The lowest BCUT2D eigenvalue weighted by Crippen LogP contribution is -2.31. The van der Waals surface area contributed by atoms with Gasteiger partial charge in [0.2, 0.25) is 0 Å². The summed E-state index contributed by atoms with van der Waals surface area (Å²) in [5.41, 5.74) is 4.06. The molecule has 0 radical (unpaired) electrons. The molecule has 0 aliphatic rings. The number of fused-ring (bicyclic) bond motifs is 3. The first-order valence-electron chi connectivity index (χ1n) is 9.43. The Morgan fingerprint density at radius 3 is 2.32 bits per heavy atom. The van der Waals surface area contributed by atoms with Crippen LogP contribution in [0.3, 0.4) is 0 Å². The highest BCUT2D eigenvalue weighted by atomic mass is 16.2. The Bertz CT molecular complexity index is 1240. The SMILES string of the molecule is CCc1ccc(N(CC)C(=O)c2cc3c(=O)n(C)c4ccccc4n3n2)cc1. The predicted molar refractivity (Wildman–Crippen MR) is 111 cm³/mol. The Balaban J connectivity index is 1.83. The molecule has 0 saturated carbocycles. The molecule has 4 rings (SSSR count). The second-order valence-corrected chi connectivity index (χ2v) is 6.75. The smallest absolute Gasteiger partial charge is 0.278 e. The lowest BCUT2D eigenvalue weighted by Gasteiger charge is -2.20. The second-order valence-electron chi connectivity index (χ2n) is 6.75. The van der Waals surface area contributed by atoms with Gasteiger partial charge in [-0.05, 0) is 43.2 Å². The number of rotatable bonds is 4. The number of carbonyl (C=O) groups is 1. The van der Waals surface area contributed by atoms with E-state index in [4.69, 9.17) is 0 Å². The van der Waals surface area contributed by atoms with E-state index >= 15 is 0 Å². The van der Waals surface area contributed by atoms with Crippen molar-refractivity contribution in [1.82, 2.24) is 14.2 Å². The van der Waals surface area contributed by atoms with Gasteiger partial charge in [-0.25, -0.2) is 4.52 Å². The van der Waals surface area contributed by atoms with Crippen LogP contribution in [-0.2, 0) is 13.5 Å². The van der Waals surface area contributed by atoms with Gasteiger partial charge in [0.25, 0.3) is 11.5 Å². The van der Waals surface area contributed by atoms with E-state index in [9.17, 15) is 9.59 Å². The molecular weight excluding hydrogens is 352 g/mol. The standard InChI is InChI=1S/C22H22N4O2/c1-4-15-10-12-16(13-11-15)25(5-2)21(27)17-14-20-22(28)24(3)18-8-6-7-9-19(18)26(20)23-17/h6-14H,4-5H2,1-3H3. The summed E-state index contributed by atoms with van der Waals surface area (Å²) >= 11 is 0. The van der Waals surface area contributed by atoms with Gasteiger partial charge in [-0.2, -0.15) is 5.10 Å². The monoisotopic (exact) mass is 374 g/mol. The van der Waals surface area contributed by atoms with Gasteiger partial charge in [0.05, 0.1) is 11.0 Å². The number of hydrogen-bond donors (Lipinski definition) is 0. The fraction of sp³-hybridized carbons (Fsp3) is 0.227. The summed E-state index contributed by atoms with van der Waals surface area (Å²) in [5.74, 6) is -0.221. The van der Waals surface area contributed by atoms with Gasteiger partial charge in [0, 0.05) is 25.3 Å². The maximum Gasteiger partial charge on any atom is 0.278 e. The first kappa shape index (κ1) is 18.0. The molecule has 2 heterocycles. The summed E-state index contributed by atoms with van der Waals surface area (Å²) in [6, 6.07) is 17.1. The van der Waals surface area contributed by atoms with E-state index in [0.717, 1.165) is 23.1 Å². The molecule has 0 aliphatic carbocycles.